The van der Waals surface area contributed by atoms with E-state index in [0.717, 1.165) is 5.56 Å². The van der Waals surface area contributed by atoms with Crippen LogP contribution in [0, 0.1) is 0 Å². The van der Waals surface area contributed by atoms with Crippen LogP contribution in [0.2, 0.25) is 0 Å². The summed E-state index contributed by atoms with van der Waals surface area (Å²) < 4.78 is 0. The SMILES string of the molecule is CC(C)(C)NC(=O)c1cnc(NCc2ccccc2)cn1. The van der Waals surface area contributed by atoms with Crippen molar-refractivity contribution in [1.82, 2.24) is 15.3 Å². The smallest absolute Gasteiger partial charge is 0.271 e. The Morgan fingerprint density at radius 3 is 2.38 bits per heavy atom. The molecule has 5 nitrogen and oxygen atoms in total. The fourth-order valence-corrected chi connectivity index (χ4v) is 1.73. The van der Waals surface area contributed by atoms with Crippen molar-refractivity contribution in [2.45, 2.75) is 32.9 Å². The van der Waals surface area contributed by atoms with Crippen LogP contribution < -0.4 is 10.6 Å². The fraction of sp³-hybridized carbons (Fsp3) is 0.312. The summed E-state index contributed by atoms with van der Waals surface area (Å²) in [5, 5.41) is 6.02. The summed E-state index contributed by atoms with van der Waals surface area (Å²) in [5.74, 6) is 0.427. The van der Waals surface area contributed by atoms with Crippen LogP contribution in [-0.2, 0) is 6.54 Å². The Bertz CT molecular complexity index is 588. The first-order valence-electron chi connectivity index (χ1n) is 6.86. The molecule has 2 aromatic rings. The molecule has 0 saturated carbocycles. The monoisotopic (exact) mass is 284 g/mol. The van der Waals surface area contributed by atoms with Gasteiger partial charge in [0.05, 0.1) is 12.4 Å². The predicted octanol–water partition coefficient (Wildman–Crippen LogP) is 2.62. The number of nitrogens with one attached hydrogen (secondary N) is 2. The molecule has 0 saturated heterocycles. The van der Waals surface area contributed by atoms with E-state index in [4.69, 9.17) is 0 Å². The third-order valence-electron chi connectivity index (χ3n) is 2.69. The van der Waals surface area contributed by atoms with E-state index in [0.29, 0.717) is 18.1 Å². The van der Waals surface area contributed by atoms with Crippen LogP contribution in [0.4, 0.5) is 5.82 Å². The van der Waals surface area contributed by atoms with Crippen molar-refractivity contribution in [1.29, 1.82) is 0 Å². The number of carbonyl (C=O) groups excluding carboxylic acids is 1. The number of amides is 1. The Labute approximate surface area is 124 Å². The second kappa shape index (κ2) is 6.35. The molecule has 2 N–H and O–H groups in total. The summed E-state index contributed by atoms with van der Waals surface area (Å²) in [6.45, 7) is 6.44. The number of rotatable bonds is 4. The number of hydrogen-bond acceptors (Lipinski definition) is 4. The molecule has 0 spiro atoms. The van der Waals surface area contributed by atoms with Gasteiger partial charge >= 0.3 is 0 Å². The molecule has 0 unspecified atom stereocenters. The first kappa shape index (κ1) is 15.0. The Morgan fingerprint density at radius 2 is 1.81 bits per heavy atom. The van der Waals surface area contributed by atoms with Gasteiger partial charge in [0.25, 0.3) is 5.91 Å². The van der Waals surface area contributed by atoms with Crippen molar-refractivity contribution in [3.05, 3.63) is 54.0 Å². The lowest BCUT2D eigenvalue weighted by Crippen LogP contribution is -2.40. The average molecular weight is 284 g/mol. The van der Waals surface area contributed by atoms with Gasteiger partial charge < -0.3 is 10.6 Å². The highest BCUT2D eigenvalue weighted by molar-refractivity contribution is 5.92. The molecule has 1 aromatic heterocycles. The van der Waals surface area contributed by atoms with Crippen LogP contribution in [0.25, 0.3) is 0 Å². The number of aromatic nitrogens is 2. The van der Waals surface area contributed by atoms with Crippen LogP contribution in [0.15, 0.2) is 42.7 Å². The highest BCUT2D eigenvalue weighted by Crippen LogP contribution is 2.06. The fourth-order valence-electron chi connectivity index (χ4n) is 1.73. The lowest BCUT2D eigenvalue weighted by molar-refractivity contribution is 0.0914. The third-order valence-corrected chi connectivity index (χ3v) is 2.69. The number of hydrogen-bond donors (Lipinski definition) is 2. The summed E-state index contributed by atoms with van der Waals surface area (Å²) >= 11 is 0. The number of benzene rings is 1. The van der Waals surface area contributed by atoms with Gasteiger partial charge in [-0.3, -0.25) is 4.79 Å². The zero-order valence-electron chi connectivity index (χ0n) is 12.6. The van der Waals surface area contributed by atoms with Gasteiger partial charge in [-0.25, -0.2) is 9.97 Å². The highest BCUT2D eigenvalue weighted by Gasteiger charge is 2.16. The first-order chi connectivity index (χ1) is 9.94. The standard InChI is InChI=1S/C16H20N4O/c1-16(2,3)20-15(21)13-10-19-14(11-17-13)18-9-12-7-5-4-6-8-12/h4-8,10-11H,9H2,1-3H3,(H,18,19)(H,20,21). The van der Waals surface area contributed by atoms with Crippen LogP contribution in [0.3, 0.4) is 0 Å². The third kappa shape index (κ3) is 4.87. The molecular weight excluding hydrogens is 264 g/mol. The molecule has 21 heavy (non-hydrogen) atoms. The van der Waals surface area contributed by atoms with Crippen molar-refractivity contribution >= 4 is 11.7 Å². The molecule has 0 bridgehead atoms. The van der Waals surface area contributed by atoms with E-state index in [9.17, 15) is 4.79 Å². The van der Waals surface area contributed by atoms with Gasteiger partial charge in [-0.05, 0) is 26.3 Å². The van der Waals surface area contributed by atoms with Gasteiger partial charge in [0, 0.05) is 12.1 Å². The Hall–Kier alpha value is -2.43. The van der Waals surface area contributed by atoms with Crippen LogP contribution >= 0.6 is 0 Å². The largest absolute Gasteiger partial charge is 0.365 e. The van der Waals surface area contributed by atoms with Crippen LogP contribution in [0.1, 0.15) is 36.8 Å². The van der Waals surface area contributed by atoms with Crippen LogP contribution in [0.5, 0.6) is 0 Å². The molecule has 5 heteroatoms. The number of nitrogens with zero attached hydrogens (tertiary/aromatic N) is 2. The molecule has 2 rings (SSSR count). The molecule has 0 aliphatic carbocycles. The highest BCUT2D eigenvalue weighted by atomic mass is 16.2. The second-order valence-electron chi connectivity index (χ2n) is 5.83. The van der Waals surface area contributed by atoms with Crippen molar-refractivity contribution in [2.75, 3.05) is 5.32 Å². The molecule has 0 atom stereocenters. The first-order valence-corrected chi connectivity index (χ1v) is 6.86. The van der Waals surface area contributed by atoms with E-state index in [1.165, 1.54) is 6.20 Å². The van der Waals surface area contributed by atoms with Crippen molar-refractivity contribution in [3.8, 4) is 0 Å². The van der Waals surface area contributed by atoms with Crippen LogP contribution in [-0.4, -0.2) is 21.4 Å². The van der Waals surface area contributed by atoms with Crippen molar-refractivity contribution in [3.63, 3.8) is 0 Å². The Kier molecular flexibility index (Phi) is 4.52. The number of carbonyl (C=O) groups is 1. The molecule has 0 aliphatic heterocycles. The van der Waals surface area contributed by atoms with E-state index in [1.54, 1.807) is 6.20 Å². The number of anilines is 1. The van der Waals surface area contributed by atoms with Gasteiger partial charge in [-0.15, -0.1) is 0 Å². The second-order valence-corrected chi connectivity index (χ2v) is 5.83. The zero-order valence-corrected chi connectivity index (χ0v) is 12.6. The topological polar surface area (TPSA) is 66.9 Å². The van der Waals surface area contributed by atoms with Gasteiger partial charge in [0.15, 0.2) is 0 Å². The Balaban J connectivity index is 1.94. The molecule has 110 valence electrons. The minimum absolute atomic E-state index is 0.218. The lowest BCUT2D eigenvalue weighted by atomic mass is 10.1. The van der Waals surface area contributed by atoms with Crippen molar-refractivity contribution in [2.24, 2.45) is 0 Å². The minimum atomic E-state index is -0.289. The van der Waals surface area contributed by atoms with E-state index >= 15 is 0 Å². The van der Waals surface area contributed by atoms with E-state index in [-0.39, 0.29) is 11.4 Å². The average Bonchev–Trinajstić information content (AvgIpc) is 2.45. The van der Waals surface area contributed by atoms with Gasteiger partial charge in [-0.1, -0.05) is 30.3 Å². The molecule has 1 amide bonds. The van der Waals surface area contributed by atoms with Gasteiger partial charge in [0.2, 0.25) is 0 Å². The summed E-state index contributed by atoms with van der Waals surface area (Å²) in [6.07, 6.45) is 3.05. The summed E-state index contributed by atoms with van der Waals surface area (Å²) in [4.78, 5) is 20.3. The van der Waals surface area contributed by atoms with E-state index in [2.05, 4.69) is 20.6 Å². The summed E-state index contributed by atoms with van der Waals surface area (Å²) in [6, 6.07) is 10.0. The Morgan fingerprint density at radius 1 is 1.10 bits per heavy atom. The van der Waals surface area contributed by atoms with E-state index in [1.807, 2.05) is 51.1 Å². The maximum atomic E-state index is 11.9. The minimum Gasteiger partial charge on any atom is -0.365 e. The lowest BCUT2D eigenvalue weighted by Gasteiger charge is -2.19. The quantitative estimate of drug-likeness (QED) is 0.905. The van der Waals surface area contributed by atoms with E-state index < -0.39 is 0 Å². The van der Waals surface area contributed by atoms with Gasteiger partial charge in [-0.2, -0.15) is 0 Å². The zero-order chi connectivity index (χ0) is 15.3. The normalized spacial score (nSPS) is 11.0. The predicted molar refractivity (Wildman–Crippen MR) is 83.0 cm³/mol. The molecule has 1 aromatic carbocycles. The maximum absolute atomic E-state index is 11.9. The molecule has 0 fully saturated rings. The molecule has 1 heterocycles. The molecule has 0 aliphatic rings. The summed E-state index contributed by atoms with van der Waals surface area (Å²) in [7, 11) is 0. The molecular formula is C16H20N4O. The van der Waals surface area contributed by atoms with Gasteiger partial charge in [0.1, 0.15) is 11.5 Å². The molecule has 0 radical (unpaired) electrons. The maximum Gasteiger partial charge on any atom is 0.271 e. The van der Waals surface area contributed by atoms with Crippen molar-refractivity contribution < 1.29 is 4.79 Å². The summed E-state index contributed by atoms with van der Waals surface area (Å²) in [5.41, 5.74) is 1.19.